The Kier molecular flexibility index (Phi) is 5.16. The zero-order valence-corrected chi connectivity index (χ0v) is 12.0. The summed E-state index contributed by atoms with van der Waals surface area (Å²) in [5.74, 6) is 0. The molecule has 1 aromatic rings. The molecule has 1 aliphatic heterocycles. The minimum absolute atomic E-state index is 0. The highest BCUT2D eigenvalue weighted by Gasteiger charge is 2.27. The van der Waals surface area contributed by atoms with Crippen molar-refractivity contribution in [2.75, 3.05) is 13.1 Å². The van der Waals surface area contributed by atoms with Gasteiger partial charge in [0.25, 0.3) is 0 Å². The average Bonchev–Trinajstić information content (AvgIpc) is 2.30. The van der Waals surface area contributed by atoms with Crippen molar-refractivity contribution in [2.45, 2.75) is 30.7 Å². The largest absolute Gasteiger partial charge is 0.328 e. The molecule has 1 heterocycles. The second kappa shape index (κ2) is 6.02. The zero-order chi connectivity index (χ0) is 12.5. The topological polar surface area (TPSA) is 63.4 Å². The lowest BCUT2D eigenvalue weighted by molar-refractivity contribution is 0.320. The van der Waals surface area contributed by atoms with Crippen molar-refractivity contribution in [1.82, 2.24) is 4.31 Å². The predicted molar refractivity (Wildman–Crippen MR) is 74.4 cm³/mol. The third-order valence-electron chi connectivity index (χ3n) is 3.16. The second-order valence-electron chi connectivity index (χ2n) is 4.55. The van der Waals surface area contributed by atoms with Gasteiger partial charge < -0.3 is 5.73 Å². The van der Waals surface area contributed by atoms with Crippen LogP contribution >= 0.6 is 12.4 Å². The van der Waals surface area contributed by atoms with Crippen LogP contribution in [-0.2, 0) is 10.0 Å². The number of aryl methyl sites for hydroxylation is 1. The van der Waals surface area contributed by atoms with E-state index in [9.17, 15) is 8.42 Å². The summed E-state index contributed by atoms with van der Waals surface area (Å²) >= 11 is 0. The molecule has 0 saturated carbocycles. The highest BCUT2D eigenvalue weighted by Crippen LogP contribution is 2.20. The van der Waals surface area contributed by atoms with E-state index in [0.717, 1.165) is 18.4 Å². The molecule has 4 nitrogen and oxygen atoms in total. The van der Waals surface area contributed by atoms with Crippen LogP contribution in [0.1, 0.15) is 18.4 Å². The van der Waals surface area contributed by atoms with Crippen LogP contribution in [0.15, 0.2) is 29.2 Å². The van der Waals surface area contributed by atoms with Crippen LogP contribution in [0.3, 0.4) is 0 Å². The van der Waals surface area contributed by atoms with Gasteiger partial charge in [0.05, 0.1) is 4.90 Å². The summed E-state index contributed by atoms with van der Waals surface area (Å²) in [6.07, 6.45) is 1.48. The molecule has 1 aromatic carbocycles. The van der Waals surface area contributed by atoms with Gasteiger partial charge in [0.1, 0.15) is 0 Å². The molecule has 1 fully saturated rings. The second-order valence-corrected chi connectivity index (χ2v) is 6.49. The summed E-state index contributed by atoms with van der Waals surface area (Å²) in [6, 6.07) is 7.11. The fourth-order valence-electron chi connectivity index (χ4n) is 1.98. The number of sulfonamides is 1. The maximum atomic E-state index is 12.3. The molecule has 2 N–H and O–H groups in total. The van der Waals surface area contributed by atoms with Crippen LogP contribution in [0, 0.1) is 6.92 Å². The van der Waals surface area contributed by atoms with Crippen molar-refractivity contribution >= 4 is 22.4 Å². The van der Waals surface area contributed by atoms with Crippen molar-refractivity contribution in [1.29, 1.82) is 0 Å². The molecule has 0 amide bonds. The summed E-state index contributed by atoms with van der Waals surface area (Å²) in [4.78, 5) is 0.374. The smallest absolute Gasteiger partial charge is 0.243 e. The van der Waals surface area contributed by atoms with Gasteiger partial charge in [-0.05, 0) is 31.9 Å². The van der Waals surface area contributed by atoms with E-state index < -0.39 is 10.0 Å². The number of piperidine rings is 1. The Morgan fingerprint density at radius 3 is 2.17 bits per heavy atom. The molecule has 0 bridgehead atoms. The first kappa shape index (κ1) is 15.4. The molecule has 0 aliphatic carbocycles. The van der Waals surface area contributed by atoms with Gasteiger partial charge in [-0.15, -0.1) is 12.4 Å². The molecule has 2 rings (SSSR count). The van der Waals surface area contributed by atoms with Gasteiger partial charge in [-0.3, -0.25) is 0 Å². The SMILES string of the molecule is Cc1ccc(S(=O)(=O)N2CCC(N)CC2)cc1.Cl. The van der Waals surface area contributed by atoms with Crippen molar-refractivity contribution in [2.24, 2.45) is 5.73 Å². The van der Waals surface area contributed by atoms with E-state index in [0.29, 0.717) is 18.0 Å². The first-order chi connectivity index (χ1) is 8.00. The highest BCUT2D eigenvalue weighted by molar-refractivity contribution is 7.89. The number of benzene rings is 1. The summed E-state index contributed by atoms with van der Waals surface area (Å²) in [5.41, 5.74) is 6.84. The molecule has 1 aliphatic rings. The number of halogens is 1. The van der Waals surface area contributed by atoms with Crippen LogP contribution < -0.4 is 5.73 Å². The zero-order valence-electron chi connectivity index (χ0n) is 10.4. The standard InChI is InChI=1S/C12H18N2O2S.ClH/c1-10-2-4-12(5-3-10)17(15,16)14-8-6-11(13)7-9-14;/h2-5,11H,6-9,13H2,1H3;1H. The lowest BCUT2D eigenvalue weighted by Gasteiger charge is -2.29. The Balaban J connectivity index is 0.00000162. The van der Waals surface area contributed by atoms with Crippen LogP contribution in [0.25, 0.3) is 0 Å². The summed E-state index contributed by atoms with van der Waals surface area (Å²) in [7, 11) is -3.32. The Hall–Kier alpha value is -0.620. The van der Waals surface area contributed by atoms with Crippen LogP contribution in [0.5, 0.6) is 0 Å². The summed E-state index contributed by atoms with van der Waals surface area (Å²) in [5, 5.41) is 0. The molecule has 18 heavy (non-hydrogen) atoms. The van der Waals surface area contributed by atoms with Gasteiger partial charge in [-0.2, -0.15) is 4.31 Å². The van der Waals surface area contributed by atoms with Gasteiger partial charge in [-0.25, -0.2) is 8.42 Å². The molecular weight excluding hydrogens is 272 g/mol. The minimum Gasteiger partial charge on any atom is -0.328 e. The number of hydrogen-bond acceptors (Lipinski definition) is 3. The van der Waals surface area contributed by atoms with Crippen LogP contribution in [0.2, 0.25) is 0 Å². The normalized spacial score (nSPS) is 18.3. The average molecular weight is 291 g/mol. The molecule has 0 radical (unpaired) electrons. The number of nitrogens with two attached hydrogens (primary N) is 1. The van der Waals surface area contributed by atoms with Crippen molar-refractivity contribution in [3.8, 4) is 0 Å². The van der Waals surface area contributed by atoms with Gasteiger partial charge in [0.2, 0.25) is 10.0 Å². The van der Waals surface area contributed by atoms with E-state index in [4.69, 9.17) is 5.73 Å². The van der Waals surface area contributed by atoms with Crippen LogP contribution in [0.4, 0.5) is 0 Å². The van der Waals surface area contributed by atoms with Gasteiger partial charge >= 0.3 is 0 Å². The monoisotopic (exact) mass is 290 g/mol. The minimum atomic E-state index is -3.32. The lowest BCUT2D eigenvalue weighted by atomic mass is 10.1. The Bertz CT molecular complexity index is 479. The highest BCUT2D eigenvalue weighted by atomic mass is 35.5. The third kappa shape index (κ3) is 3.23. The number of hydrogen-bond donors (Lipinski definition) is 1. The molecule has 0 atom stereocenters. The van der Waals surface area contributed by atoms with E-state index in [1.807, 2.05) is 19.1 Å². The van der Waals surface area contributed by atoms with E-state index in [-0.39, 0.29) is 18.4 Å². The Labute approximate surface area is 115 Å². The Morgan fingerprint density at radius 1 is 1.17 bits per heavy atom. The molecule has 102 valence electrons. The van der Waals surface area contributed by atoms with Crippen molar-refractivity contribution in [3.63, 3.8) is 0 Å². The molecular formula is C12H19ClN2O2S. The van der Waals surface area contributed by atoms with E-state index in [1.54, 1.807) is 12.1 Å². The molecule has 6 heteroatoms. The maximum Gasteiger partial charge on any atom is 0.243 e. The maximum absolute atomic E-state index is 12.3. The Morgan fingerprint density at radius 2 is 1.67 bits per heavy atom. The third-order valence-corrected chi connectivity index (χ3v) is 5.07. The summed E-state index contributed by atoms with van der Waals surface area (Å²) < 4.78 is 26.1. The van der Waals surface area contributed by atoms with Gasteiger partial charge in [0, 0.05) is 19.1 Å². The number of rotatable bonds is 2. The molecule has 1 saturated heterocycles. The molecule has 0 aromatic heterocycles. The first-order valence-electron chi connectivity index (χ1n) is 5.82. The first-order valence-corrected chi connectivity index (χ1v) is 7.26. The van der Waals surface area contributed by atoms with E-state index in [2.05, 4.69) is 0 Å². The summed E-state index contributed by atoms with van der Waals surface area (Å²) in [6.45, 7) is 2.99. The van der Waals surface area contributed by atoms with Crippen molar-refractivity contribution < 1.29 is 8.42 Å². The lowest BCUT2D eigenvalue weighted by Crippen LogP contribution is -2.42. The number of nitrogens with zero attached hydrogens (tertiary/aromatic N) is 1. The van der Waals surface area contributed by atoms with Crippen LogP contribution in [-0.4, -0.2) is 31.9 Å². The predicted octanol–water partition coefficient (Wildman–Crippen LogP) is 1.53. The van der Waals surface area contributed by atoms with E-state index >= 15 is 0 Å². The van der Waals surface area contributed by atoms with Crippen molar-refractivity contribution in [3.05, 3.63) is 29.8 Å². The molecule has 0 spiro atoms. The van der Waals surface area contributed by atoms with Gasteiger partial charge in [-0.1, -0.05) is 17.7 Å². The fraction of sp³-hybridized carbons (Fsp3) is 0.500. The van der Waals surface area contributed by atoms with E-state index in [1.165, 1.54) is 4.31 Å². The quantitative estimate of drug-likeness (QED) is 0.898. The fourth-order valence-corrected chi connectivity index (χ4v) is 3.45. The van der Waals surface area contributed by atoms with Gasteiger partial charge in [0.15, 0.2) is 0 Å². The molecule has 0 unspecified atom stereocenters.